The average Bonchev–Trinajstić information content (AvgIpc) is 2.85. The third-order valence-corrected chi connectivity index (χ3v) is 3.67. The van der Waals surface area contributed by atoms with Gasteiger partial charge in [0.1, 0.15) is 0 Å². The van der Waals surface area contributed by atoms with Crippen molar-refractivity contribution in [3.05, 3.63) is 28.7 Å². The van der Waals surface area contributed by atoms with Gasteiger partial charge in [0.05, 0.1) is 18.1 Å². The summed E-state index contributed by atoms with van der Waals surface area (Å²) in [6.07, 6.45) is 1.59. The van der Waals surface area contributed by atoms with Crippen LogP contribution in [0.15, 0.2) is 23.1 Å². The van der Waals surface area contributed by atoms with Gasteiger partial charge in [-0.1, -0.05) is 6.07 Å². The van der Waals surface area contributed by atoms with Gasteiger partial charge in [0.2, 0.25) is 0 Å². The number of imide groups is 1. The quantitative estimate of drug-likeness (QED) is 0.595. The number of carbonyl (C=O) groups excluding carboxylic acids is 3. The van der Waals surface area contributed by atoms with Gasteiger partial charge in [-0.25, -0.2) is 4.79 Å². The lowest BCUT2D eigenvalue weighted by Gasteiger charge is -2.12. The van der Waals surface area contributed by atoms with Gasteiger partial charge in [0, 0.05) is 0 Å². The smallest absolute Gasteiger partial charge is 0.344 e. The number of carbonyl (C=O) groups is 3. The first kappa shape index (κ1) is 17.9. The van der Waals surface area contributed by atoms with Crippen molar-refractivity contribution in [1.29, 1.82) is 0 Å². The first-order valence-electron chi connectivity index (χ1n) is 7.33. The van der Waals surface area contributed by atoms with Crippen molar-refractivity contribution in [2.45, 2.75) is 13.8 Å². The molecule has 1 aliphatic rings. The normalized spacial score (nSPS) is 15.3. The molecule has 0 atom stereocenters. The van der Waals surface area contributed by atoms with Crippen molar-refractivity contribution in [2.75, 3.05) is 19.8 Å². The summed E-state index contributed by atoms with van der Waals surface area (Å²) in [7, 11) is 0. The maximum Gasteiger partial charge on any atom is 0.344 e. The number of esters is 1. The number of rotatable bonds is 7. The van der Waals surface area contributed by atoms with E-state index >= 15 is 0 Å². The van der Waals surface area contributed by atoms with E-state index in [1.807, 2.05) is 6.92 Å². The van der Waals surface area contributed by atoms with Gasteiger partial charge in [-0.3, -0.25) is 14.9 Å². The van der Waals surface area contributed by atoms with Crippen LogP contribution in [0.2, 0.25) is 0 Å². The number of hydrogen-bond acceptors (Lipinski definition) is 7. The Morgan fingerprint density at radius 2 is 1.96 bits per heavy atom. The van der Waals surface area contributed by atoms with E-state index in [1.165, 1.54) is 0 Å². The molecule has 0 bridgehead atoms. The molecule has 1 fully saturated rings. The van der Waals surface area contributed by atoms with Crippen LogP contribution in [0.3, 0.4) is 0 Å². The molecular weight excluding hydrogens is 334 g/mol. The highest BCUT2D eigenvalue weighted by Crippen LogP contribution is 2.31. The molecule has 0 spiro atoms. The Balaban J connectivity index is 2.16. The molecule has 2 rings (SSSR count). The zero-order valence-corrected chi connectivity index (χ0v) is 14.1. The molecule has 0 radical (unpaired) electrons. The van der Waals surface area contributed by atoms with Gasteiger partial charge in [-0.2, -0.15) is 0 Å². The van der Waals surface area contributed by atoms with E-state index in [0.717, 1.165) is 11.8 Å². The second kappa shape index (κ2) is 8.39. The standard InChI is InChI=1S/C16H17NO6S/c1-3-21-12-7-10(8-13-15(19)17-16(20)24-13)5-6-11(12)23-9-14(18)22-4-2/h5-8H,3-4,9H2,1-2H3,(H,17,19,20)/b13-8+. The van der Waals surface area contributed by atoms with Gasteiger partial charge >= 0.3 is 5.97 Å². The molecule has 24 heavy (non-hydrogen) atoms. The lowest BCUT2D eigenvalue weighted by atomic mass is 10.2. The van der Waals surface area contributed by atoms with Crippen molar-refractivity contribution in [1.82, 2.24) is 5.32 Å². The van der Waals surface area contributed by atoms with Crippen molar-refractivity contribution >= 4 is 35.0 Å². The molecule has 1 saturated heterocycles. The van der Waals surface area contributed by atoms with Crippen LogP contribution in [0.25, 0.3) is 6.08 Å². The van der Waals surface area contributed by atoms with Crippen molar-refractivity contribution < 1.29 is 28.6 Å². The van der Waals surface area contributed by atoms with E-state index in [9.17, 15) is 14.4 Å². The molecule has 1 heterocycles. The fraction of sp³-hybridized carbons (Fsp3) is 0.312. The molecule has 2 amide bonds. The van der Waals surface area contributed by atoms with Crippen LogP contribution in [0.1, 0.15) is 19.4 Å². The first-order chi connectivity index (χ1) is 11.5. The van der Waals surface area contributed by atoms with Crippen LogP contribution >= 0.6 is 11.8 Å². The Morgan fingerprint density at radius 3 is 2.58 bits per heavy atom. The summed E-state index contributed by atoms with van der Waals surface area (Å²) in [4.78, 5) is 34.4. The van der Waals surface area contributed by atoms with E-state index in [1.54, 1.807) is 31.2 Å². The van der Waals surface area contributed by atoms with Gasteiger partial charge in [0.25, 0.3) is 11.1 Å². The maximum atomic E-state index is 11.6. The molecule has 1 N–H and O–H groups in total. The van der Waals surface area contributed by atoms with E-state index in [-0.39, 0.29) is 13.2 Å². The average molecular weight is 351 g/mol. The van der Waals surface area contributed by atoms with Crippen LogP contribution in [-0.2, 0) is 14.3 Å². The summed E-state index contributed by atoms with van der Waals surface area (Å²) < 4.78 is 15.7. The molecular formula is C16H17NO6S. The molecule has 1 aromatic carbocycles. The summed E-state index contributed by atoms with van der Waals surface area (Å²) in [5.41, 5.74) is 0.675. The van der Waals surface area contributed by atoms with Crippen LogP contribution in [0.4, 0.5) is 4.79 Å². The number of hydrogen-bond donors (Lipinski definition) is 1. The summed E-state index contributed by atoms with van der Waals surface area (Å²) in [5.74, 6) is -0.0631. The van der Waals surface area contributed by atoms with E-state index in [4.69, 9.17) is 14.2 Å². The predicted molar refractivity (Wildman–Crippen MR) is 88.8 cm³/mol. The number of amides is 2. The molecule has 0 saturated carbocycles. The van der Waals surface area contributed by atoms with Crippen LogP contribution in [-0.4, -0.2) is 36.9 Å². The van der Waals surface area contributed by atoms with E-state index < -0.39 is 17.1 Å². The maximum absolute atomic E-state index is 11.6. The molecule has 128 valence electrons. The minimum Gasteiger partial charge on any atom is -0.490 e. The molecule has 7 nitrogen and oxygen atoms in total. The predicted octanol–water partition coefficient (Wildman–Crippen LogP) is 2.35. The summed E-state index contributed by atoms with van der Waals surface area (Å²) >= 11 is 0.840. The zero-order chi connectivity index (χ0) is 17.5. The summed E-state index contributed by atoms with van der Waals surface area (Å²) in [5, 5.41) is 1.79. The van der Waals surface area contributed by atoms with Gasteiger partial charge in [-0.15, -0.1) is 0 Å². The fourth-order valence-corrected chi connectivity index (χ4v) is 2.60. The molecule has 0 unspecified atom stereocenters. The zero-order valence-electron chi connectivity index (χ0n) is 13.3. The number of benzene rings is 1. The Labute approximate surface area is 143 Å². The third kappa shape index (κ3) is 4.76. The van der Waals surface area contributed by atoms with Crippen LogP contribution < -0.4 is 14.8 Å². The Hall–Kier alpha value is -2.48. The van der Waals surface area contributed by atoms with Gasteiger partial charge in [0.15, 0.2) is 18.1 Å². The summed E-state index contributed by atoms with van der Waals surface area (Å²) in [6.45, 7) is 4.00. The van der Waals surface area contributed by atoms with E-state index in [0.29, 0.717) is 28.6 Å². The molecule has 1 aliphatic heterocycles. The molecule has 0 aromatic heterocycles. The number of ether oxygens (including phenoxy) is 3. The lowest BCUT2D eigenvalue weighted by Crippen LogP contribution is -2.17. The topological polar surface area (TPSA) is 90.9 Å². The number of thioether (sulfide) groups is 1. The summed E-state index contributed by atoms with van der Waals surface area (Å²) in [6, 6.07) is 5.01. The second-order valence-electron chi connectivity index (χ2n) is 4.59. The highest BCUT2D eigenvalue weighted by molar-refractivity contribution is 8.18. The van der Waals surface area contributed by atoms with E-state index in [2.05, 4.69) is 5.32 Å². The Bertz CT molecular complexity index is 685. The Kier molecular flexibility index (Phi) is 6.25. The molecule has 1 aromatic rings. The molecule has 8 heteroatoms. The van der Waals surface area contributed by atoms with Crippen LogP contribution in [0, 0.1) is 0 Å². The monoisotopic (exact) mass is 351 g/mol. The molecule has 0 aliphatic carbocycles. The van der Waals surface area contributed by atoms with Crippen LogP contribution in [0.5, 0.6) is 11.5 Å². The largest absolute Gasteiger partial charge is 0.490 e. The minimum atomic E-state index is -0.469. The van der Waals surface area contributed by atoms with Gasteiger partial charge in [-0.05, 0) is 49.4 Å². The highest BCUT2D eigenvalue weighted by Gasteiger charge is 2.25. The minimum absolute atomic E-state index is 0.221. The first-order valence-corrected chi connectivity index (χ1v) is 8.15. The Morgan fingerprint density at radius 1 is 1.17 bits per heavy atom. The van der Waals surface area contributed by atoms with Crippen molar-refractivity contribution in [2.24, 2.45) is 0 Å². The van der Waals surface area contributed by atoms with Crippen molar-refractivity contribution in [3.8, 4) is 11.5 Å². The third-order valence-electron chi connectivity index (χ3n) is 2.86. The van der Waals surface area contributed by atoms with Crippen molar-refractivity contribution in [3.63, 3.8) is 0 Å². The second-order valence-corrected chi connectivity index (χ2v) is 5.60. The number of nitrogens with one attached hydrogen (secondary N) is 1. The highest BCUT2D eigenvalue weighted by atomic mass is 32.2. The fourth-order valence-electron chi connectivity index (χ4n) is 1.91. The van der Waals surface area contributed by atoms with Gasteiger partial charge < -0.3 is 14.2 Å². The lowest BCUT2D eigenvalue weighted by molar-refractivity contribution is -0.145. The SMILES string of the molecule is CCOC(=O)COc1ccc(/C=C2/SC(=O)NC2=O)cc1OCC.